The molecule has 22 heavy (non-hydrogen) atoms. The van der Waals surface area contributed by atoms with Crippen LogP contribution in [0, 0.1) is 12.8 Å². The topological polar surface area (TPSA) is 40.5 Å². The molecule has 3 nitrogen and oxygen atoms in total. The maximum absolute atomic E-state index is 11.1. The number of hydrogen-bond acceptors (Lipinski definition) is 4. The van der Waals surface area contributed by atoms with Crippen molar-refractivity contribution in [1.82, 2.24) is 4.90 Å². The number of carboxylic acids is 1. The van der Waals surface area contributed by atoms with Crippen LogP contribution in [0.2, 0.25) is 4.34 Å². The summed E-state index contributed by atoms with van der Waals surface area (Å²) >= 11 is 9.55. The minimum Gasteiger partial charge on any atom is -0.481 e. The highest BCUT2D eigenvalue weighted by atomic mass is 35.5. The fraction of sp³-hybridized carbons (Fsp3) is 0.438. The smallest absolute Gasteiger partial charge is 0.306 e. The lowest BCUT2D eigenvalue weighted by molar-refractivity contribution is -0.143. The quantitative estimate of drug-likeness (QED) is 0.867. The van der Waals surface area contributed by atoms with E-state index >= 15 is 0 Å². The number of rotatable bonds is 4. The molecule has 3 heterocycles. The molecule has 3 rings (SSSR count). The van der Waals surface area contributed by atoms with E-state index in [0.29, 0.717) is 0 Å². The van der Waals surface area contributed by atoms with Crippen LogP contribution >= 0.6 is 34.3 Å². The van der Waals surface area contributed by atoms with Crippen LogP contribution in [0.3, 0.4) is 0 Å². The number of halogens is 1. The van der Waals surface area contributed by atoms with Crippen molar-refractivity contribution in [1.29, 1.82) is 0 Å². The number of carboxylic acid groups (broad SMARTS) is 1. The lowest BCUT2D eigenvalue weighted by atomic mass is 9.95. The van der Waals surface area contributed by atoms with Gasteiger partial charge in [0.2, 0.25) is 0 Å². The van der Waals surface area contributed by atoms with Gasteiger partial charge in [0.1, 0.15) is 0 Å². The van der Waals surface area contributed by atoms with Gasteiger partial charge < -0.3 is 5.11 Å². The molecule has 0 aromatic carbocycles. The molecule has 2 aromatic heterocycles. The van der Waals surface area contributed by atoms with Crippen LogP contribution in [0.4, 0.5) is 0 Å². The first kappa shape index (κ1) is 16.0. The van der Waals surface area contributed by atoms with Gasteiger partial charge in [0.25, 0.3) is 0 Å². The van der Waals surface area contributed by atoms with Crippen LogP contribution in [0.15, 0.2) is 24.3 Å². The highest BCUT2D eigenvalue weighted by Crippen LogP contribution is 2.39. The number of nitrogens with zero attached hydrogens (tertiary/aromatic N) is 1. The Labute approximate surface area is 143 Å². The van der Waals surface area contributed by atoms with Gasteiger partial charge in [-0.2, -0.15) is 0 Å². The fourth-order valence-electron chi connectivity index (χ4n) is 2.98. The molecule has 2 aromatic rings. The first-order valence-electron chi connectivity index (χ1n) is 7.33. The van der Waals surface area contributed by atoms with E-state index in [1.165, 1.54) is 14.6 Å². The maximum Gasteiger partial charge on any atom is 0.306 e. The van der Waals surface area contributed by atoms with E-state index in [1.807, 2.05) is 6.07 Å². The van der Waals surface area contributed by atoms with Gasteiger partial charge in [-0.3, -0.25) is 9.69 Å². The second kappa shape index (κ2) is 6.71. The third kappa shape index (κ3) is 3.38. The first-order chi connectivity index (χ1) is 10.5. The second-order valence-electron chi connectivity index (χ2n) is 5.64. The second-order valence-corrected chi connectivity index (χ2v) is 8.71. The van der Waals surface area contributed by atoms with Gasteiger partial charge in [0, 0.05) is 14.6 Å². The molecule has 1 aliphatic rings. The fourth-order valence-corrected chi connectivity index (χ4v) is 5.30. The lowest BCUT2D eigenvalue weighted by Crippen LogP contribution is -2.38. The van der Waals surface area contributed by atoms with Crippen LogP contribution < -0.4 is 0 Å². The van der Waals surface area contributed by atoms with Crippen LogP contribution in [0.1, 0.15) is 33.5 Å². The van der Waals surface area contributed by atoms with Crippen molar-refractivity contribution in [3.8, 4) is 0 Å². The molecule has 0 saturated carbocycles. The Hall–Kier alpha value is -0.880. The van der Waals surface area contributed by atoms with E-state index in [1.54, 1.807) is 22.7 Å². The number of piperidine rings is 1. The van der Waals surface area contributed by atoms with Crippen LogP contribution in [0.5, 0.6) is 0 Å². The van der Waals surface area contributed by atoms with Crippen LogP contribution in [-0.2, 0) is 4.79 Å². The molecule has 1 fully saturated rings. The molecule has 0 spiro atoms. The molecular formula is C16H18ClNO2S2. The Morgan fingerprint density at radius 1 is 1.23 bits per heavy atom. The minimum absolute atomic E-state index is 0.200. The van der Waals surface area contributed by atoms with Crippen molar-refractivity contribution in [3.63, 3.8) is 0 Å². The molecule has 118 valence electrons. The Morgan fingerprint density at radius 2 is 1.86 bits per heavy atom. The molecule has 1 saturated heterocycles. The molecule has 1 N–H and O–H groups in total. The standard InChI is InChI=1S/C16H18ClNO2S2/c1-10-2-3-12(21-10)15(13-4-5-14(17)22-13)18-8-6-11(7-9-18)16(19)20/h2-5,11,15H,6-9H2,1H3,(H,19,20). The zero-order chi connectivity index (χ0) is 15.7. The summed E-state index contributed by atoms with van der Waals surface area (Å²) in [4.78, 5) is 17.4. The van der Waals surface area contributed by atoms with E-state index in [0.717, 1.165) is 30.3 Å². The molecule has 6 heteroatoms. The van der Waals surface area contributed by atoms with Crippen molar-refractivity contribution < 1.29 is 9.90 Å². The summed E-state index contributed by atoms with van der Waals surface area (Å²) in [5.74, 6) is -0.865. The largest absolute Gasteiger partial charge is 0.481 e. The van der Waals surface area contributed by atoms with Gasteiger partial charge >= 0.3 is 5.97 Å². The summed E-state index contributed by atoms with van der Waals surface area (Å²) in [5, 5.41) is 9.17. The van der Waals surface area contributed by atoms with Crippen molar-refractivity contribution in [2.24, 2.45) is 5.92 Å². The van der Waals surface area contributed by atoms with E-state index in [-0.39, 0.29) is 12.0 Å². The highest BCUT2D eigenvalue weighted by Gasteiger charge is 2.31. The average molecular weight is 356 g/mol. The highest BCUT2D eigenvalue weighted by molar-refractivity contribution is 7.16. The molecule has 1 atom stereocenters. The third-order valence-electron chi connectivity index (χ3n) is 4.14. The first-order valence-corrected chi connectivity index (χ1v) is 9.34. The summed E-state index contributed by atoms with van der Waals surface area (Å²) in [5.41, 5.74) is 0. The molecule has 1 unspecified atom stereocenters. The van der Waals surface area contributed by atoms with Crippen molar-refractivity contribution >= 4 is 40.2 Å². The third-order valence-corrected chi connectivity index (χ3v) is 6.47. The van der Waals surface area contributed by atoms with Crippen LogP contribution in [0.25, 0.3) is 0 Å². The van der Waals surface area contributed by atoms with Gasteiger partial charge in [-0.05, 0) is 57.1 Å². The monoisotopic (exact) mass is 355 g/mol. The minimum atomic E-state index is -0.665. The maximum atomic E-state index is 11.1. The number of carbonyl (C=O) groups is 1. The summed E-state index contributed by atoms with van der Waals surface area (Å²) in [6.07, 6.45) is 1.44. The SMILES string of the molecule is Cc1ccc(C(c2ccc(Cl)s2)N2CCC(C(=O)O)CC2)s1. The van der Waals surface area contributed by atoms with Crippen molar-refractivity contribution in [2.45, 2.75) is 25.8 Å². The predicted molar refractivity (Wildman–Crippen MR) is 92.2 cm³/mol. The summed E-state index contributed by atoms with van der Waals surface area (Å²) in [7, 11) is 0. The van der Waals surface area contributed by atoms with E-state index in [2.05, 4.69) is 30.0 Å². The number of aryl methyl sites for hydroxylation is 1. The Kier molecular flexibility index (Phi) is 4.88. The molecular weight excluding hydrogens is 338 g/mol. The normalized spacial score (nSPS) is 18.5. The van der Waals surface area contributed by atoms with E-state index < -0.39 is 5.97 Å². The van der Waals surface area contributed by atoms with Crippen molar-refractivity contribution in [3.05, 3.63) is 43.2 Å². The molecule has 0 bridgehead atoms. The molecule has 0 aliphatic carbocycles. The number of thiophene rings is 2. The van der Waals surface area contributed by atoms with Gasteiger partial charge in [0.15, 0.2) is 0 Å². The number of aliphatic carboxylic acids is 1. The molecule has 0 amide bonds. The Morgan fingerprint density at radius 3 is 2.36 bits per heavy atom. The van der Waals surface area contributed by atoms with Crippen molar-refractivity contribution in [2.75, 3.05) is 13.1 Å². The molecule has 0 radical (unpaired) electrons. The Bertz CT molecular complexity index is 618. The van der Waals surface area contributed by atoms with E-state index in [9.17, 15) is 9.90 Å². The molecule has 1 aliphatic heterocycles. The van der Waals surface area contributed by atoms with Gasteiger partial charge in [0.05, 0.1) is 16.3 Å². The number of hydrogen-bond donors (Lipinski definition) is 1. The summed E-state index contributed by atoms with van der Waals surface area (Å²) in [6.45, 7) is 3.74. The van der Waals surface area contributed by atoms with Gasteiger partial charge in [-0.25, -0.2) is 0 Å². The average Bonchev–Trinajstić information content (AvgIpc) is 3.09. The summed E-state index contributed by atoms with van der Waals surface area (Å²) < 4.78 is 0.800. The van der Waals surface area contributed by atoms with E-state index in [4.69, 9.17) is 11.6 Å². The number of likely N-dealkylation sites (tertiary alicyclic amines) is 1. The predicted octanol–water partition coefficient (Wildman–Crippen LogP) is 4.66. The van der Waals surface area contributed by atoms with Crippen LogP contribution in [-0.4, -0.2) is 29.1 Å². The lowest BCUT2D eigenvalue weighted by Gasteiger charge is -2.35. The zero-order valence-corrected chi connectivity index (χ0v) is 14.7. The van der Waals surface area contributed by atoms with Gasteiger partial charge in [-0.1, -0.05) is 11.6 Å². The zero-order valence-electron chi connectivity index (χ0n) is 12.3. The van der Waals surface area contributed by atoms with Gasteiger partial charge in [-0.15, -0.1) is 22.7 Å². The Balaban J connectivity index is 1.85. The summed E-state index contributed by atoms with van der Waals surface area (Å²) in [6, 6.07) is 8.56.